The van der Waals surface area contributed by atoms with E-state index in [9.17, 15) is 19.8 Å². The lowest BCUT2D eigenvalue weighted by Gasteiger charge is -2.20. The number of aliphatic hydroxyl groups excluding tert-OH is 2. The van der Waals surface area contributed by atoms with Gasteiger partial charge in [0.05, 0.1) is 25.4 Å². The van der Waals surface area contributed by atoms with Crippen molar-refractivity contribution in [1.29, 1.82) is 0 Å². The van der Waals surface area contributed by atoms with Crippen LogP contribution in [0.3, 0.4) is 0 Å². The molecule has 6 heteroatoms. The molecule has 0 bridgehead atoms. The quantitative estimate of drug-likeness (QED) is 0.0321. The van der Waals surface area contributed by atoms with Crippen molar-refractivity contribution in [3.63, 3.8) is 0 Å². The highest BCUT2D eigenvalue weighted by atomic mass is 16.5. The summed E-state index contributed by atoms with van der Waals surface area (Å²) < 4.78 is 5.49. The number of carbonyl (C=O) groups is 2. The van der Waals surface area contributed by atoms with Crippen LogP contribution in [0, 0.1) is 0 Å². The van der Waals surface area contributed by atoms with Crippen LogP contribution in [-0.4, -0.2) is 47.4 Å². The number of ether oxygens (including phenoxy) is 1. The highest BCUT2D eigenvalue weighted by Gasteiger charge is 2.18. The van der Waals surface area contributed by atoms with Crippen molar-refractivity contribution < 1.29 is 24.5 Å². The SMILES string of the molecule is CCCCCCCCCCCCC/C=C/C(O)C(CO)NC(=O)CCCCCCCCCCCCCCCCCCCCCCCCOC(=O)CCCCCCCCCCCCCCCCC. The van der Waals surface area contributed by atoms with Gasteiger partial charge >= 0.3 is 5.97 Å². The molecule has 0 fully saturated rings. The molecule has 398 valence electrons. The van der Waals surface area contributed by atoms with Gasteiger partial charge in [0, 0.05) is 12.8 Å². The first-order chi connectivity index (χ1) is 33.0. The van der Waals surface area contributed by atoms with Gasteiger partial charge < -0.3 is 20.3 Å². The summed E-state index contributed by atoms with van der Waals surface area (Å²) in [7, 11) is 0. The Kier molecular flexibility index (Phi) is 56.0. The monoisotopic (exact) mass is 946 g/mol. The van der Waals surface area contributed by atoms with Gasteiger partial charge in [-0.2, -0.15) is 0 Å². The summed E-state index contributed by atoms with van der Waals surface area (Å²) in [4.78, 5) is 24.5. The summed E-state index contributed by atoms with van der Waals surface area (Å²) in [5, 5.41) is 23.1. The van der Waals surface area contributed by atoms with E-state index in [0.717, 1.165) is 38.5 Å². The normalized spacial score (nSPS) is 12.6. The van der Waals surface area contributed by atoms with E-state index in [2.05, 4.69) is 19.2 Å². The van der Waals surface area contributed by atoms with Gasteiger partial charge in [-0.3, -0.25) is 9.59 Å². The molecule has 0 saturated heterocycles. The minimum Gasteiger partial charge on any atom is -0.466 e. The van der Waals surface area contributed by atoms with E-state index in [4.69, 9.17) is 4.74 Å². The van der Waals surface area contributed by atoms with Gasteiger partial charge in [-0.15, -0.1) is 0 Å². The molecule has 0 spiro atoms. The Hall–Kier alpha value is -1.40. The predicted octanol–water partition coefficient (Wildman–Crippen LogP) is 18.9. The fourth-order valence-corrected chi connectivity index (χ4v) is 9.64. The second kappa shape index (κ2) is 57.2. The number of hydrogen-bond acceptors (Lipinski definition) is 5. The van der Waals surface area contributed by atoms with E-state index in [1.807, 2.05) is 6.08 Å². The average molecular weight is 947 g/mol. The summed E-state index contributed by atoms with van der Waals surface area (Å²) in [6, 6.07) is -0.626. The van der Waals surface area contributed by atoms with Crippen LogP contribution in [0.1, 0.15) is 341 Å². The number of carbonyl (C=O) groups excluding carboxylic acids is 2. The van der Waals surface area contributed by atoms with Crippen LogP contribution in [0.25, 0.3) is 0 Å². The van der Waals surface area contributed by atoms with E-state index in [1.54, 1.807) is 6.08 Å². The zero-order valence-corrected chi connectivity index (χ0v) is 45.4. The Morgan fingerprint density at radius 1 is 0.403 bits per heavy atom. The van der Waals surface area contributed by atoms with Crippen molar-refractivity contribution in [2.24, 2.45) is 0 Å². The molecule has 2 atom stereocenters. The van der Waals surface area contributed by atoms with Gasteiger partial charge in [0.1, 0.15) is 0 Å². The maximum Gasteiger partial charge on any atom is 0.305 e. The molecule has 6 nitrogen and oxygen atoms in total. The largest absolute Gasteiger partial charge is 0.466 e. The Morgan fingerprint density at radius 2 is 0.687 bits per heavy atom. The standard InChI is InChI=1S/C61H119NO5/c1-3-5-7-9-11-13-15-17-26-31-35-39-43-47-51-55-61(66)67-56-52-48-44-40-36-32-28-25-23-21-19-18-20-22-24-27-30-34-38-42-46-50-54-60(65)62-58(57-63)59(64)53-49-45-41-37-33-29-16-14-12-10-8-6-4-2/h49,53,58-59,63-64H,3-48,50-52,54-57H2,1-2H3,(H,62,65)/b53-49+. The van der Waals surface area contributed by atoms with E-state index in [-0.39, 0.29) is 18.5 Å². The molecular weight excluding hydrogens is 827 g/mol. The molecule has 0 heterocycles. The molecule has 0 rings (SSSR count). The van der Waals surface area contributed by atoms with Crippen LogP contribution in [-0.2, 0) is 14.3 Å². The van der Waals surface area contributed by atoms with Gasteiger partial charge in [-0.1, -0.05) is 309 Å². The predicted molar refractivity (Wildman–Crippen MR) is 292 cm³/mol. The molecule has 0 aromatic heterocycles. The molecule has 3 N–H and O–H groups in total. The fourth-order valence-electron chi connectivity index (χ4n) is 9.64. The van der Waals surface area contributed by atoms with Crippen molar-refractivity contribution in [3.05, 3.63) is 12.2 Å². The summed E-state index contributed by atoms with van der Waals surface area (Å²) in [6.45, 7) is 4.92. The Labute approximate surface area is 419 Å². The molecule has 0 saturated carbocycles. The maximum absolute atomic E-state index is 12.4. The second-order valence-corrected chi connectivity index (χ2v) is 21.0. The van der Waals surface area contributed by atoms with E-state index in [1.165, 1.54) is 276 Å². The van der Waals surface area contributed by atoms with E-state index < -0.39 is 12.1 Å². The van der Waals surface area contributed by atoms with Crippen LogP contribution in [0.15, 0.2) is 12.2 Å². The van der Waals surface area contributed by atoms with Crippen molar-refractivity contribution in [3.8, 4) is 0 Å². The van der Waals surface area contributed by atoms with Crippen molar-refractivity contribution in [1.82, 2.24) is 5.32 Å². The number of unbranched alkanes of at least 4 members (excludes halogenated alkanes) is 46. The first-order valence-electron chi connectivity index (χ1n) is 30.5. The molecule has 0 aromatic rings. The minimum atomic E-state index is -0.843. The van der Waals surface area contributed by atoms with E-state index in [0.29, 0.717) is 19.4 Å². The van der Waals surface area contributed by atoms with Crippen LogP contribution in [0.5, 0.6) is 0 Å². The first kappa shape index (κ1) is 65.6. The molecule has 0 aliphatic heterocycles. The number of rotatable bonds is 57. The summed E-state index contributed by atoms with van der Waals surface area (Å²) in [5.74, 6) is -0.0507. The average Bonchev–Trinajstić information content (AvgIpc) is 3.33. The molecule has 1 amide bonds. The van der Waals surface area contributed by atoms with Gasteiger partial charge in [-0.25, -0.2) is 0 Å². The van der Waals surface area contributed by atoms with Crippen LogP contribution < -0.4 is 5.32 Å². The molecule has 0 aliphatic carbocycles. The minimum absolute atomic E-state index is 0.0161. The van der Waals surface area contributed by atoms with Gasteiger partial charge in [0.15, 0.2) is 0 Å². The number of nitrogens with one attached hydrogen (secondary N) is 1. The topological polar surface area (TPSA) is 95.9 Å². The highest BCUT2D eigenvalue weighted by molar-refractivity contribution is 5.76. The third-order valence-electron chi connectivity index (χ3n) is 14.3. The number of amides is 1. The molecule has 0 radical (unpaired) electrons. The molecular formula is C61H119NO5. The van der Waals surface area contributed by atoms with Crippen LogP contribution in [0.2, 0.25) is 0 Å². The second-order valence-electron chi connectivity index (χ2n) is 21.0. The summed E-state index contributed by atoms with van der Waals surface area (Å²) in [5.41, 5.74) is 0. The summed E-state index contributed by atoms with van der Waals surface area (Å²) >= 11 is 0. The molecule has 67 heavy (non-hydrogen) atoms. The molecule has 2 unspecified atom stereocenters. The van der Waals surface area contributed by atoms with E-state index >= 15 is 0 Å². The zero-order chi connectivity index (χ0) is 48.6. The lowest BCUT2D eigenvalue weighted by atomic mass is 10.0. The highest BCUT2D eigenvalue weighted by Crippen LogP contribution is 2.18. The third kappa shape index (κ3) is 53.8. The fraction of sp³-hybridized carbons (Fsp3) is 0.934. The van der Waals surface area contributed by atoms with Crippen molar-refractivity contribution in [2.45, 2.75) is 353 Å². The van der Waals surface area contributed by atoms with Crippen LogP contribution in [0.4, 0.5) is 0 Å². The summed E-state index contributed by atoms with van der Waals surface area (Å²) in [6.07, 6.45) is 68.2. The number of hydrogen-bond donors (Lipinski definition) is 3. The Morgan fingerprint density at radius 3 is 1.01 bits per heavy atom. The lowest BCUT2D eigenvalue weighted by molar-refractivity contribution is -0.143. The Balaban J connectivity index is 3.37. The number of aliphatic hydroxyl groups is 2. The molecule has 0 aliphatic rings. The Bertz CT molecular complexity index is 1000. The van der Waals surface area contributed by atoms with Crippen molar-refractivity contribution in [2.75, 3.05) is 13.2 Å². The third-order valence-corrected chi connectivity index (χ3v) is 14.3. The lowest BCUT2D eigenvalue weighted by Crippen LogP contribution is -2.45. The number of esters is 1. The van der Waals surface area contributed by atoms with Gasteiger partial charge in [0.25, 0.3) is 0 Å². The first-order valence-corrected chi connectivity index (χ1v) is 30.5. The number of allylic oxidation sites excluding steroid dienone is 1. The van der Waals surface area contributed by atoms with Gasteiger partial charge in [-0.05, 0) is 32.1 Å². The van der Waals surface area contributed by atoms with Crippen LogP contribution >= 0.6 is 0 Å². The molecule has 0 aromatic carbocycles. The van der Waals surface area contributed by atoms with Crippen molar-refractivity contribution >= 4 is 11.9 Å². The smallest absolute Gasteiger partial charge is 0.305 e. The zero-order valence-electron chi connectivity index (χ0n) is 45.4. The maximum atomic E-state index is 12.4. The van der Waals surface area contributed by atoms with Gasteiger partial charge in [0.2, 0.25) is 5.91 Å².